The summed E-state index contributed by atoms with van der Waals surface area (Å²) in [5.74, 6) is -2.70. The van der Waals surface area contributed by atoms with Crippen LogP contribution in [0, 0.1) is 0 Å². The van der Waals surface area contributed by atoms with Crippen LogP contribution in [0.15, 0.2) is 48.8 Å². The molecule has 0 aliphatic heterocycles. The fraction of sp³-hybridized carbons (Fsp3) is 0.0714. The highest BCUT2D eigenvalue weighted by molar-refractivity contribution is 5.98. The van der Waals surface area contributed by atoms with E-state index in [-0.39, 0.29) is 5.56 Å². The van der Waals surface area contributed by atoms with Gasteiger partial charge in [0.05, 0.1) is 11.1 Å². The number of nitrogens with zero attached hydrogens (tertiary/aromatic N) is 1. The van der Waals surface area contributed by atoms with Crippen LogP contribution < -0.4 is 10.2 Å². The van der Waals surface area contributed by atoms with Gasteiger partial charge in [0.15, 0.2) is 0 Å². The van der Waals surface area contributed by atoms with E-state index in [9.17, 15) is 22.8 Å². The van der Waals surface area contributed by atoms with Crippen LogP contribution >= 0.6 is 0 Å². The Balaban J connectivity index is 2.05. The van der Waals surface area contributed by atoms with Gasteiger partial charge in [0.25, 0.3) is 5.91 Å². The third-order valence-corrected chi connectivity index (χ3v) is 2.49. The number of pyridine rings is 1. The second-order valence-electron chi connectivity index (χ2n) is 4.11. The van der Waals surface area contributed by atoms with Gasteiger partial charge in [-0.3, -0.25) is 9.78 Å². The van der Waals surface area contributed by atoms with Crippen molar-refractivity contribution >= 4 is 11.9 Å². The lowest BCUT2D eigenvalue weighted by Gasteiger charge is -2.12. The van der Waals surface area contributed by atoms with Gasteiger partial charge >= 0.3 is 12.3 Å². The second-order valence-corrected chi connectivity index (χ2v) is 4.11. The number of nitrogens with one attached hydrogen (secondary N) is 1. The van der Waals surface area contributed by atoms with E-state index in [1.165, 1.54) is 36.7 Å². The molecule has 1 N–H and O–H groups in total. The van der Waals surface area contributed by atoms with Crippen LogP contribution in [0.5, 0.6) is 5.75 Å². The summed E-state index contributed by atoms with van der Waals surface area (Å²) in [6, 6.07) is 7.52. The number of rotatable bonds is 3. The molecule has 2 rings (SSSR count). The van der Waals surface area contributed by atoms with Gasteiger partial charge in [-0.15, -0.1) is 13.2 Å². The molecule has 0 radical (unpaired) electrons. The Labute approximate surface area is 127 Å². The van der Waals surface area contributed by atoms with E-state index in [2.05, 4.69) is 14.6 Å². The van der Waals surface area contributed by atoms with E-state index >= 15 is 0 Å². The van der Waals surface area contributed by atoms with E-state index in [4.69, 9.17) is 0 Å². The number of amides is 1. The predicted octanol–water partition coefficient (Wildman–Crippen LogP) is 2.48. The zero-order valence-corrected chi connectivity index (χ0v) is 11.3. The highest BCUT2D eigenvalue weighted by atomic mass is 19.4. The maximum absolute atomic E-state index is 12.3. The van der Waals surface area contributed by atoms with Crippen molar-refractivity contribution in [1.82, 2.24) is 10.5 Å². The average molecular weight is 326 g/mol. The minimum Gasteiger partial charge on any atom is -0.405 e. The number of alkyl halides is 3. The Morgan fingerprint density at radius 1 is 1.09 bits per heavy atom. The van der Waals surface area contributed by atoms with Gasteiger partial charge in [-0.05, 0) is 24.3 Å². The zero-order chi connectivity index (χ0) is 16.9. The van der Waals surface area contributed by atoms with E-state index in [1.54, 1.807) is 5.48 Å². The molecule has 6 nitrogen and oxygen atoms in total. The number of ether oxygens (including phenoxy) is 1. The molecule has 0 aliphatic rings. The van der Waals surface area contributed by atoms with E-state index in [0.29, 0.717) is 0 Å². The van der Waals surface area contributed by atoms with Crippen molar-refractivity contribution in [1.29, 1.82) is 0 Å². The molecule has 0 unspecified atom stereocenters. The fourth-order valence-electron chi connectivity index (χ4n) is 1.56. The summed E-state index contributed by atoms with van der Waals surface area (Å²) in [5.41, 5.74) is 1.38. The first-order valence-corrected chi connectivity index (χ1v) is 6.13. The van der Waals surface area contributed by atoms with Gasteiger partial charge in [0, 0.05) is 12.4 Å². The number of carbonyl (C=O) groups is 2. The van der Waals surface area contributed by atoms with E-state index < -0.39 is 29.6 Å². The number of benzene rings is 1. The van der Waals surface area contributed by atoms with Gasteiger partial charge in [-0.1, -0.05) is 12.1 Å². The number of para-hydroxylation sites is 1. The lowest BCUT2D eigenvalue weighted by Crippen LogP contribution is -2.28. The SMILES string of the molecule is O=C(ONC(=O)c1ccccc1OC(F)(F)F)c1cccnc1. The van der Waals surface area contributed by atoms with Gasteiger partial charge < -0.3 is 9.57 Å². The molecule has 0 saturated carbocycles. The molecule has 1 amide bonds. The molecule has 0 atom stereocenters. The highest BCUT2D eigenvalue weighted by Gasteiger charge is 2.33. The van der Waals surface area contributed by atoms with E-state index in [0.717, 1.165) is 12.1 Å². The average Bonchev–Trinajstić information content (AvgIpc) is 2.52. The first-order chi connectivity index (χ1) is 10.9. The summed E-state index contributed by atoms with van der Waals surface area (Å²) < 4.78 is 40.6. The van der Waals surface area contributed by atoms with E-state index in [1.807, 2.05) is 0 Å². The lowest BCUT2D eigenvalue weighted by molar-refractivity contribution is -0.274. The smallest absolute Gasteiger partial charge is 0.405 e. The van der Waals surface area contributed by atoms with Gasteiger partial charge in [0.1, 0.15) is 5.75 Å². The van der Waals surface area contributed by atoms with Gasteiger partial charge in [-0.25, -0.2) is 4.79 Å². The maximum atomic E-state index is 12.3. The molecule has 120 valence electrons. The van der Waals surface area contributed by atoms with Crippen LogP contribution in [0.25, 0.3) is 0 Å². The second kappa shape index (κ2) is 6.77. The number of aromatic nitrogens is 1. The Morgan fingerprint density at radius 3 is 2.48 bits per heavy atom. The van der Waals surface area contributed by atoms with Crippen LogP contribution in [0.3, 0.4) is 0 Å². The molecule has 0 bridgehead atoms. The third kappa shape index (κ3) is 4.70. The topological polar surface area (TPSA) is 77.5 Å². The molecule has 1 aromatic carbocycles. The number of carbonyl (C=O) groups excluding carboxylic acids is 2. The summed E-state index contributed by atoms with van der Waals surface area (Å²) in [5, 5.41) is 0. The summed E-state index contributed by atoms with van der Waals surface area (Å²) in [6.45, 7) is 0. The summed E-state index contributed by atoms with van der Waals surface area (Å²) >= 11 is 0. The highest BCUT2D eigenvalue weighted by Crippen LogP contribution is 2.26. The van der Waals surface area contributed by atoms with Gasteiger partial charge in [0.2, 0.25) is 0 Å². The minimum absolute atomic E-state index is 0.0626. The normalized spacial score (nSPS) is 10.7. The molecule has 23 heavy (non-hydrogen) atoms. The monoisotopic (exact) mass is 326 g/mol. The van der Waals surface area contributed by atoms with Crippen molar-refractivity contribution in [3.05, 3.63) is 59.9 Å². The quantitative estimate of drug-likeness (QED) is 0.877. The standard InChI is InChI=1S/C14H9F3N2O4/c15-14(16,17)22-11-6-2-1-5-10(11)12(20)19-23-13(21)9-4-3-7-18-8-9/h1-8H,(H,19,20). The first kappa shape index (κ1) is 16.3. The third-order valence-electron chi connectivity index (χ3n) is 2.49. The molecule has 0 saturated heterocycles. The van der Waals surface area contributed by atoms with Crippen LogP contribution in [-0.4, -0.2) is 23.2 Å². The Morgan fingerprint density at radius 2 is 1.83 bits per heavy atom. The van der Waals surface area contributed by atoms with Crippen LogP contribution in [0.4, 0.5) is 13.2 Å². The van der Waals surface area contributed by atoms with Crippen molar-refractivity contribution in [2.75, 3.05) is 0 Å². The fourth-order valence-corrected chi connectivity index (χ4v) is 1.56. The van der Waals surface area contributed by atoms with Crippen LogP contribution in [0.1, 0.15) is 20.7 Å². The number of halogens is 3. The van der Waals surface area contributed by atoms with Crippen molar-refractivity contribution in [3.8, 4) is 5.75 Å². The molecule has 1 aromatic heterocycles. The Hall–Kier alpha value is -3.10. The lowest BCUT2D eigenvalue weighted by atomic mass is 10.2. The predicted molar refractivity (Wildman–Crippen MR) is 70.2 cm³/mol. The van der Waals surface area contributed by atoms with Crippen molar-refractivity contribution in [3.63, 3.8) is 0 Å². The molecule has 9 heteroatoms. The van der Waals surface area contributed by atoms with Gasteiger partial charge in [-0.2, -0.15) is 5.48 Å². The maximum Gasteiger partial charge on any atom is 0.573 e. The molecular formula is C14H9F3N2O4. The van der Waals surface area contributed by atoms with Crippen molar-refractivity contribution < 1.29 is 32.3 Å². The number of hydroxylamine groups is 1. The molecule has 0 fully saturated rings. The number of hydrogen-bond acceptors (Lipinski definition) is 5. The molecule has 0 aliphatic carbocycles. The molecule has 0 spiro atoms. The Kier molecular flexibility index (Phi) is 4.79. The summed E-state index contributed by atoms with van der Waals surface area (Å²) in [6.07, 6.45) is -2.32. The van der Waals surface area contributed by atoms with Crippen LogP contribution in [-0.2, 0) is 4.84 Å². The van der Waals surface area contributed by atoms with Crippen molar-refractivity contribution in [2.24, 2.45) is 0 Å². The minimum atomic E-state index is -4.96. The molecule has 1 heterocycles. The summed E-state index contributed by atoms with van der Waals surface area (Å²) in [7, 11) is 0. The van der Waals surface area contributed by atoms with Crippen LogP contribution in [0.2, 0.25) is 0 Å². The largest absolute Gasteiger partial charge is 0.573 e. The molecule has 2 aromatic rings. The number of hydrogen-bond donors (Lipinski definition) is 1. The van der Waals surface area contributed by atoms with Crippen molar-refractivity contribution in [2.45, 2.75) is 6.36 Å². The first-order valence-electron chi connectivity index (χ1n) is 6.13. The Bertz CT molecular complexity index is 705. The molecular weight excluding hydrogens is 317 g/mol. The summed E-state index contributed by atoms with van der Waals surface area (Å²) in [4.78, 5) is 31.6. The zero-order valence-electron chi connectivity index (χ0n) is 11.3.